The first-order valence-corrected chi connectivity index (χ1v) is 19.4. The zero-order valence-electron chi connectivity index (χ0n) is 30.8. The minimum atomic E-state index is 1.20. The summed E-state index contributed by atoms with van der Waals surface area (Å²) in [5, 5.41) is 12.7. The van der Waals surface area contributed by atoms with Crippen molar-refractivity contribution >= 4 is 53.9 Å². The molecule has 0 atom stereocenters. The monoisotopic (exact) mass is 708 g/mol. The summed E-state index contributed by atoms with van der Waals surface area (Å²) in [7, 11) is 0. The molecule has 0 radical (unpaired) electrons. The summed E-state index contributed by atoms with van der Waals surface area (Å²) in [5.41, 5.74) is 12.4. The van der Waals surface area contributed by atoms with Crippen LogP contribution in [0.25, 0.3) is 109 Å². The number of hydrogen-bond donors (Lipinski definition) is 0. The van der Waals surface area contributed by atoms with Gasteiger partial charge < -0.3 is 0 Å². The van der Waals surface area contributed by atoms with Crippen LogP contribution in [-0.2, 0) is 0 Å². The molecule has 260 valence electrons. The normalized spacial score (nSPS) is 11.6. The summed E-state index contributed by atoms with van der Waals surface area (Å²) in [6.45, 7) is 0. The zero-order valence-corrected chi connectivity index (χ0v) is 30.8. The lowest BCUT2D eigenvalue weighted by Crippen LogP contribution is -1.92. The van der Waals surface area contributed by atoms with E-state index in [1.165, 1.54) is 109 Å². The van der Waals surface area contributed by atoms with Crippen molar-refractivity contribution in [3.8, 4) is 55.6 Å². The SMILES string of the molecule is c1ccc(-c2ccc(-c3c4ccccc4c(-c4ccc(-c5cccc(-c6cc7ccccc7c7ccccc67)c5)cc4)c4ccccc34)c3ccccc23)cc1. The fourth-order valence-electron chi connectivity index (χ4n) is 9.10. The fraction of sp³-hybridized carbons (Fsp3) is 0. The van der Waals surface area contributed by atoms with Crippen molar-refractivity contribution in [2.24, 2.45) is 0 Å². The number of rotatable bonds is 5. The van der Waals surface area contributed by atoms with Crippen LogP contribution in [0.15, 0.2) is 218 Å². The molecule has 0 spiro atoms. The highest BCUT2D eigenvalue weighted by Crippen LogP contribution is 2.47. The molecule has 11 rings (SSSR count). The molecule has 0 saturated carbocycles. The molecule has 0 bridgehead atoms. The highest BCUT2D eigenvalue weighted by Gasteiger charge is 2.19. The van der Waals surface area contributed by atoms with Gasteiger partial charge in [-0.1, -0.05) is 206 Å². The van der Waals surface area contributed by atoms with E-state index in [4.69, 9.17) is 0 Å². The van der Waals surface area contributed by atoms with Crippen LogP contribution in [0.1, 0.15) is 0 Å². The van der Waals surface area contributed by atoms with E-state index >= 15 is 0 Å². The number of benzene rings is 11. The topological polar surface area (TPSA) is 0 Å². The van der Waals surface area contributed by atoms with Crippen LogP contribution in [-0.4, -0.2) is 0 Å². The Morgan fingerprint density at radius 3 is 1.29 bits per heavy atom. The van der Waals surface area contributed by atoms with E-state index in [-0.39, 0.29) is 0 Å². The van der Waals surface area contributed by atoms with Crippen LogP contribution >= 0.6 is 0 Å². The van der Waals surface area contributed by atoms with Gasteiger partial charge in [0.15, 0.2) is 0 Å². The molecule has 0 heterocycles. The van der Waals surface area contributed by atoms with E-state index in [0.717, 1.165) is 0 Å². The molecule has 0 heteroatoms. The molecular weight excluding hydrogens is 673 g/mol. The molecule has 0 N–H and O–H groups in total. The first-order chi connectivity index (χ1) is 27.8. The Morgan fingerprint density at radius 2 is 0.625 bits per heavy atom. The van der Waals surface area contributed by atoms with Crippen LogP contribution in [0.3, 0.4) is 0 Å². The van der Waals surface area contributed by atoms with Gasteiger partial charge in [0.05, 0.1) is 0 Å². The van der Waals surface area contributed by atoms with Crippen LogP contribution in [0.5, 0.6) is 0 Å². The van der Waals surface area contributed by atoms with Crippen molar-refractivity contribution in [1.82, 2.24) is 0 Å². The Bertz CT molecular complexity index is 3220. The standard InChI is InChI=1S/C56H36/c1-2-15-38(16-3-1)44-33-34-53(47-23-8-6-22-46(44)47)56-51-27-12-10-25-49(51)55(50-26-11-13-28-52(50)56)39-31-29-37(30-32-39)40-18-14-19-41(35-40)54-36-42-17-4-5-20-43(42)45-21-7-9-24-48(45)54/h1-36H. The van der Waals surface area contributed by atoms with Crippen molar-refractivity contribution in [2.45, 2.75) is 0 Å². The largest absolute Gasteiger partial charge is 0.0622 e. The van der Waals surface area contributed by atoms with Crippen LogP contribution < -0.4 is 0 Å². The Kier molecular flexibility index (Phi) is 7.60. The predicted octanol–water partition coefficient (Wildman–Crippen LogP) is 15.8. The molecule has 0 fully saturated rings. The second-order valence-corrected chi connectivity index (χ2v) is 14.8. The summed E-state index contributed by atoms with van der Waals surface area (Å²) in [5.74, 6) is 0. The van der Waals surface area contributed by atoms with Crippen LogP contribution in [0.2, 0.25) is 0 Å². The molecular formula is C56H36. The molecule has 56 heavy (non-hydrogen) atoms. The highest BCUT2D eigenvalue weighted by molar-refractivity contribution is 6.24. The number of fused-ring (bicyclic) bond motifs is 6. The Hall–Kier alpha value is -7.28. The van der Waals surface area contributed by atoms with E-state index < -0.39 is 0 Å². The average molecular weight is 709 g/mol. The molecule has 0 aliphatic carbocycles. The van der Waals surface area contributed by atoms with Gasteiger partial charge in [-0.05, 0) is 122 Å². The van der Waals surface area contributed by atoms with E-state index in [2.05, 4.69) is 218 Å². The molecule has 0 aliphatic rings. The maximum absolute atomic E-state index is 2.35. The molecule has 0 nitrogen and oxygen atoms in total. The summed E-state index contributed by atoms with van der Waals surface area (Å²) in [6.07, 6.45) is 0. The molecule has 0 unspecified atom stereocenters. The molecule has 0 aromatic heterocycles. The minimum Gasteiger partial charge on any atom is -0.0622 e. The van der Waals surface area contributed by atoms with Crippen molar-refractivity contribution in [3.05, 3.63) is 218 Å². The third kappa shape index (κ3) is 5.22. The average Bonchev–Trinajstić information content (AvgIpc) is 3.28. The van der Waals surface area contributed by atoms with Crippen molar-refractivity contribution in [3.63, 3.8) is 0 Å². The highest BCUT2D eigenvalue weighted by atomic mass is 14.2. The maximum atomic E-state index is 2.35. The first-order valence-electron chi connectivity index (χ1n) is 19.4. The molecule has 11 aromatic rings. The predicted molar refractivity (Wildman–Crippen MR) is 241 cm³/mol. The molecule has 11 aromatic carbocycles. The Morgan fingerprint density at radius 1 is 0.179 bits per heavy atom. The summed E-state index contributed by atoms with van der Waals surface area (Å²) >= 11 is 0. The smallest absolute Gasteiger partial charge is 0.00201 e. The van der Waals surface area contributed by atoms with E-state index in [1.807, 2.05) is 0 Å². The Labute approximate surface area is 326 Å². The minimum absolute atomic E-state index is 1.20. The van der Waals surface area contributed by atoms with Gasteiger partial charge >= 0.3 is 0 Å². The van der Waals surface area contributed by atoms with Crippen molar-refractivity contribution in [1.29, 1.82) is 0 Å². The zero-order chi connectivity index (χ0) is 37.0. The van der Waals surface area contributed by atoms with E-state index in [9.17, 15) is 0 Å². The van der Waals surface area contributed by atoms with E-state index in [1.54, 1.807) is 0 Å². The fourth-order valence-corrected chi connectivity index (χ4v) is 9.10. The van der Waals surface area contributed by atoms with Gasteiger partial charge in [0.2, 0.25) is 0 Å². The van der Waals surface area contributed by atoms with Gasteiger partial charge in [-0.15, -0.1) is 0 Å². The van der Waals surface area contributed by atoms with Crippen LogP contribution in [0.4, 0.5) is 0 Å². The number of hydrogen-bond acceptors (Lipinski definition) is 0. The third-order valence-corrected chi connectivity index (χ3v) is 11.7. The van der Waals surface area contributed by atoms with E-state index in [0.29, 0.717) is 0 Å². The first kappa shape index (κ1) is 32.2. The van der Waals surface area contributed by atoms with Gasteiger partial charge in [0, 0.05) is 0 Å². The Balaban J connectivity index is 1.05. The third-order valence-electron chi connectivity index (χ3n) is 11.7. The lowest BCUT2D eigenvalue weighted by Gasteiger charge is -2.20. The summed E-state index contributed by atoms with van der Waals surface area (Å²) in [6, 6.07) is 80.2. The molecule has 0 aliphatic heterocycles. The van der Waals surface area contributed by atoms with Gasteiger partial charge in [0.25, 0.3) is 0 Å². The van der Waals surface area contributed by atoms with Crippen LogP contribution in [0, 0.1) is 0 Å². The van der Waals surface area contributed by atoms with Gasteiger partial charge in [-0.25, -0.2) is 0 Å². The molecule has 0 saturated heterocycles. The second-order valence-electron chi connectivity index (χ2n) is 14.8. The molecule has 0 amide bonds. The summed E-state index contributed by atoms with van der Waals surface area (Å²) in [4.78, 5) is 0. The quantitative estimate of drug-likeness (QED) is 0.123. The van der Waals surface area contributed by atoms with Gasteiger partial charge in [0.1, 0.15) is 0 Å². The van der Waals surface area contributed by atoms with Crippen molar-refractivity contribution in [2.75, 3.05) is 0 Å². The second kappa shape index (κ2) is 13.2. The maximum Gasteiger partial charge on any atom is -0.00201 e. The lowest BCUT2D eigenvalue weighted by atomic mass is 9.83. The van der Waals surface area contributed by atoms with Crippen molar-refractivity contribution < 1.29 is 0 Å². The lowest BCUT2D eigenvalue weighted by molar-refractivity contribution is 1.60. The van der Waals surface area contributed by atoms with Gasteiger partial charge in [-0.3, -0.25) is 0 Å². The van der Waals surface area contributed by atoms with Gasteiger partial charge in [-0.2, -0.15) is 0 Å². The summed E-state index contributed by atoms with van der Waals surface area (Å²) < 4.78 is 0.